The van der Waals surface area contributed by atoms with Crippen LogP contribution in [0.1, 0.15) is 46.6 Å². The third-order valence-corrected chi connectivity index (χ3v) is 8.24. The highest BCUT2D eigenvalue weighted by atomic mass is 32.1. The van der Waals surface area contributed by atoms with Crippen LogP contribution in [0.4, 0.5) is 5.69 Å². The molecular formula is C28H30N4O4S. The van der Waals surface area contributed by atoms with Gasteiger partial charge in [-0.05, 0) is 56.4 Å². The number of aromatic nitrogens is 2. The fourth-order valence-corrected chi connectivity index (χ4v) is 5.72. The van der Waals surface area contributed by atoms with Crippen LogP contribution < -0.4 is 10.1 Å². The maximum absolute atomic E-state index is 13.4. The van der Waals surface area contributed by atoms with Crippen LogP contribution in [-0.4, -0.2) is 64.7 Å². The highest BCUT2D eigenvalue weighted by Gasteiger charge is 2.54. The van der Waals surface area contributed by atoms with Gasteiger partial charge in [-0.1, -0.05) is 35.6 Å². The molecule has 3 aliphatic rings. The van der Waals surface area contributed by atoms with E-state index < -0.39 is 5.54 Å². The monoisotopic (exact) mass is 518 g/mol. The van der Waals surface area contributed by atoms with Gasteiger partial charge in [0.05, 0.1) is 31.4 Å². The number of ketones is 1. The molecule has 9 heteroatoms. The molecule has 2 saturated carbocycles. The van der Waals surface area contributed by atoms with Crippen molar-refractivity contribution in [3.8, 4) is 16.3 Å². The molecule has 2 heterocycles. The van der Waals surface area contributed by atoms with Crippen molar-refractivity contribution < 1.29 is 19.1 Å². The van der Waals surface area contributed by atoms with Crippen molar-refractivity contribution in [2.75, 3.05) is 31.6 Å². The molecular weight excluding hydrogens is 488 g/mol. The van der Waals surface area contributed by atoms with Gasteiger partial charge in [-0.3, -0.25) is 14.5 Å². The highest BCUT2D eigenvalue weighted by molar-refractivity contribution is 7.14. The van der Waals surface area contributed by atoms with Crippen molar-refractivity contribution in [2.24, 2.45) is 0 Å². The minimum Gasteiger partial charge on any atom is -0.488 e. The Kier molecular flexibility index (Phi) is 6.52. The molecule has 0 bridgehead atoms. The lowest BCUT2D eigenvalue weighted by molar-refractivity contribution is -0.124. The number of amides is 1. The smallest absolute Gasteiger partial charge is 0.245 e. The molecule has 0 radical (unpaired) electrons. The van der Waals surface area contributed by atoms with Gasteiger partial charge in [0.2, 0.25) is 5.91 Å². The number of Topliss-reactive ketones (excluding diaryl/α,β-unsaturated/α-hetero) is 1. The summed E-state index contributed by atoms with van der Waals surface area (Å²) in [5.41, 5.74) is 2.73. The molecule has 0 unspecified atom stereocenters. The molecule has 0 atom stereocenters. The minimum atomic E-state index is -0.487. The minimum absolute atomic E-state index is 0.0355. The summed E-state index contributed by atoms with van der Waals surface area (Å²) >= 11 is 1.43. The Balaban J connectivity index is 1.20. The third kappa shape index (κ3) is 5.16. The Morgan fingerprint density at radius 1 is 1.14 bits per heavy atom. The van der Waals surface area contributed by atoms with Crippen LogP contribution in [-0.2, 0) is 16.0 Å². The van der Waals surface area contributed by atoms with E-state index in [0.717, 1.165) is 54.9 Å². The number of aryl methyl sites for hydroxylation is 1. The van der Waals surface area contributed by atoms with Crippen LogP contribution >= 0.6 is 11.3 Å². The number of rotatable bonds is 9. The standard InChI is InChI=1S/C28H30N4O4S/c1-18-4-2-3-5-21(18)26-31-30-25(37-26)17-23(33)19-6-9-24(36-20-7-8-20)22(16-19)29-27(34)28(10-11-28)32-12-14-35-15-13-32/h2-6,9,16,20H,7-8,10-15,17H2,1H3,(H,29,34). The second-order valence-electron chi connectivity index (χ2n) is 10.0. The second-order valence-corrected chi connectivity index (χ2v) is 11.1. The number of nitrogens with zero attached hydrogens (tertiary/aromatic N) is 3. The topological polar surface area (TPSA) is 93.7 Å². The van der Waals surface area contributed by atoms with Gasteiger partial charge in [-0.25, -0.2) is 0 Å². The van der Waals surface area contributed by atoms with Gasteiger partial charge in [0.1, 0.15) is 21.3 Å². The number of ether oxygens (including phenoxy) is 2. The first-order valence-corrected chi connectivity index (χ1v) is 13.7. The number of hydrogen-bond donors (Lipinski definition) is 1. The van der Waals surface area contributed by atoms with Gasteiger partial charge in [-0.15, -0.1) is 10.2 Å². The zero-order valence-corrected chi connectivity index (χ0v) is 21.7. The molecule has 8 nitrogen and oxygen atoms in total. The van der Waals surface area contributed by atoms with Gasteiger partial charge >= 0.3 is 0 Å². The van der Waals surface area contributed by atoms with E-state index in [9.17, 15) is 9.59 Å². The van der Waals surface area contributed by atoms with Crippen LogP contribution in [0, 0.1) is 6.92 Å². The predicted molar refractivity (Wildman–Crippen MR) is 141 cm³/mol. The maximum atomic E-state index is 13.4. The predicted octanol–water partition coefficient (Wildman–Crippen LogP) is 4.28. The van der Waals surface area contributed by atoms with Crippen LogP contribution in [0.25, 0.3) is 10.6 Å². The number of nitrogens with one attached hydrogen (secondary N) is 1. The highest BCUT2D eigenvalue weighted by Crippen LogP contribution is 2.44. The molecule has 192 valence electrons. The van der Waals surface area contributed by atoms with E-state index in [1.165, 1.54) is 11.3 Å². The zero-order chi connectivity index (χ0) is 25.4. The summed E-state index contributed by atoms with van der Waals surface area (Å²) in [7, 11) is 0. The average Bonchev–Trinajstić information content (AvgIpc) is 3.84. The number of benzene rings is 2. The van der Waals surface area contributed by atoms with E-state index in [2.05, 4.69) is 20.4 Å². The summed E-state index contributed by atoms with van der Waals surface area (Å²) in [6, 6.07) is 13.3. The first-order valence-electron chi connectivity index (χ1n) is 12.9. The summed E-state index contributed by atoms with van der Waals surface area (Å²) in [5, 5.41) is 13.2. The normalized spacial score (nSPS) is 18.8. The largest absolute Gasteiger partial charge is 0.488 e. The lowest BCUT2D eigenvalue weighted by Crippen LogP contribution is -2.51. The van der Waals surface area contributed by atoms with Crippen molar-refractivity contribution in [2.45, 2.75) is 50.7 Å². The number of carbonyl (C=O) groups is 2. The van der Waals surface area contributed by atoms with Gasteiger partial charge in [0.25, 0.3) is 0 Å². The molecule has 37 heavy (non-hydrogen) atoms. The lowest BCUT2D eigenvalue weighted by Gasteiger charge is -2.34. The molecule has 6 rings (SSSR count). The number of hydrogen-bond acceptors (Lipinski definition) is 8. The van der Waals surface area contributed by atoms with E-state index in [-0.39, 0.29) is 24.2 Å². The molecule has 1 N–H and O–H groups in total. The van der Waals surface area contributed by atoms with Crippen LogP contribution in [0.3, 0.4) is 0 Å². The molecule has 1 aromatic heterocycles. The molecule has 2 aromatic carbocycles. The maximum Gasteiger partial charge on any atom is 0.245 e. The van der Waals surface area contributed by atoms with E-state index in [0.29, 0.717) is 35.2 Å². The number of morpholine rings is 1. The summed E-state index contributed by atoms with van der Waals surface area (Å²) in [4.78, 5) is 28.9. The summed E-state index contributed by atoms with van der Waals surface area (Å²) in [5.74, 6) is 0.504. The zero-order valence-electron chi connectivity index (χ0n) is 20.9. The third-order valence-electron chi connectivity index (χ3n) is 7.28. The van der Waals surface area contributed by atoms with Crippen LogP contribution in [0.15, 0.2) is 42.5 Å². The Morgan fingerprint density at radius 3 is 2.65 bits per heavy atom. The van der Waals surface area contributed by atoms with Crippen molar-refractivity contribution in [1.82, 2.24) is 15.1 Å². The Morgan fingerprint density at radius 2 is 1.92 bits per heavy atom. The van der Waals surface area contributed by atoms with Gasteiger partial charge in [0.15, 0.2) is 5.78 Å². The SMILES string of the molecule is Cc1ccccc1-c1nnc(CC(=O)c2ccc(OC3CC3)c(NC(=O)C3(N4CCOCC4)CC3)c2)s1. The number of carbonyl (C=O) groups excluding carboxylic acids is 2. The molecule has 1 amide bonds. The van der Waals surface area contributed by atoms with E-state index >= 15 is 0 Å². The van der Waals surface area contributed by atoms with Gasteiger partial charge in [0, 0.05) is 24.2 Å². The first-order chi connectivity index (χ1) is 18.0. The Hall–Kier alpha value is -3.14. The molecule has 1 saturated heterocycles. The molecule has 1 aliphatic heterocycles. The van der Waals surface area contributed by atoms with E-state index in [1.807, 2.05) is 31.2 Å². The Labute approximate surface area is 220 Å². The van der Waals surface area contributed by atoms with Gasteiger partial charge < -0.3 is 14.8 Å². The van der Waals surface area contributed by atoms with E-state index in [4.69, 9.17) is 9.47 Å². The lowest BCUT2D eigenvalue weighted by atomic mass is 10.1. The van der Waals surface area contributed by atoms with Crippen molar-refractivity contribution in [3.63, 3.8) is 0 Å². The summed E-state index contributed by atoms with van der Waals surface area (Å²) in [6.45, 7) is 4.83. The van der Waals surface area contributed by atoms with Crippen LogP contribution in [0.5, 0.6) is 5.75 Å². The van der Waals surface area contributed by atoms with E-state index in [1.54, 1.807) is 18.2 Å². The molecule has 3 aromatic rings. The molecule has 0 spiro atoms. The van der Waals surface area contributed by atoms with Crippen molar-refractivity contribution >= 4 is 28.7 Å². The van der Waals surface area contributed by atoms with Crippen molar-refractivity contribution in [1.29, 1.82) is 0 Å². The fraction of sp³-hybridized carbons (Fsp3) is 0.429. The average molecular weight is 519 g/mol. The van der Waals surface area contributed by atoms with Gasteiger partial charge in [-0.2, -0.15) is 0 Å². The molecule has 3 fully saturated rings. The molecule has 2 aliphatic carbocycles. The summed E-state index contributed by atoms with van der Waals surface area (Å²) < 4.78 is 11.5. The van der Waals surface area contributed by atoms with Crippen LogP contribution in [0.2, 0.25) is 0 Å². The fourth-order valence-electron chi connectivity index (χ4n) is 4.79. The van der Waals surface area contributed by atoms with Crippen molar-refractivity contribution in [3.05, 3.63) is 58.6 Å². The first kappa shape index (κ1) is 24.2. The number of anilines is 1. The quantitative estimate of drug-likeness (QED) is 0.423. The summed E-state index contributed by atoms with van der Waals surface area (Å²) in [6.07, 6.45) is 4.00. The Bertz CT molecular complexity index is 1330. The second kappa shape index (κ2) is 9.96.